The Kier molecular flexibility index (Phi) is 3.50. The Labute approximate surface area is 105 Å². The highest BCUT2D eigenvalue weighted by atomic mass is 35.5. The van der Waals surface area contributed by atoms with Crippen LogP contribution in [0, 0.1) is 5.82 Å². The lowest BCUT2D eigenvalue weighted by atomic mass is 9.90. The minimum Gasteiger partial charge on any atom is -0.305 e. The summed E-state index contributed by atoms with van der Waals surface area (Å²) in [6.45, 7) is 2.73. The van der Waals surface area contributed by atoms with Gasteiger partial charge in [-0.15, -0.1) is 0 Å². The van der Waals surface area contributed by atoms with E-state index in [1.807, 2.05) is 6.92 Å². The maximum atomic E-state index is 13.5. The van der Waals surface area contributed by atoms with Gasteiger partial charge in [-0.05, 0) is 50.1 Å². The monoisotopic (exact) mass is 255 g/mol. The van der Waals surface area contributed by atoms with Crippen molar-refractivity contribution in [2.45, 2.75) is 31.7 Å². The van der Waals surface area contributed by atoms with Crippen molar-refractivity contribution in [2.24, 2.45) is 0 Å². The van der Waals surface area contributed by atoms with Crippen LogP contribution in [0.25, 0.3) is 0 Å². The Morgan fingerprint density at radius 1 is 1.59 bits per heavy atom. The first kappa shape index (κ1) is 12.5. The van der Waals surface area contributed by atoms with Gasteiger partial charge in [0.15, 0.2) is 5.78 Å². The van der Waals surface area contributed by atoms with E-state index in [2.05, 4.69) is 5.32 Å². The number of hydrogen-bond acceptors (Lipinski definition) is 2. The highest BCUT2D eigenvalue weighted by Gasteiger charge is 2.35. The molecule has 1 aromatic rings. The van der Waals surface area contributed by atoms with Crippen molar-refractivity contribution < 1.29 is 9.18 Å². The molecule has 92 valence electrons. The van der Waals surface area contributed by atoms with Crippen LogP contribution in [-0.4, -0.2) is 17.9 Å². The van der Waals surface area contributed by atoms with E-state index < -0.39 is 5.54 Å². The maximum Gasteiger partial charge on any atom is 0.157 e. The molecule has 1 aliphatic rings. The molecular weight excluding hydrogens is 241 g/mol. The number of ketones is 1. The second-order valence-corrected chi connectivity index (χ2v) is 5.13. The number of carbonyl (C=O) groups excluding carboxylic acids is 1. The number of carbonyl (C=O) groups is 1. The van der Waals surface area contributed by atoms with Gasteiger partial charge in [-0.3, -0.25) is 4.79 Å². The summed E-state index contributed by atoms with van der Waals surface area (Å²) < 4.78 is 13.5. The first-order chi connectivity index (χ1) is 8.01. The lowest BCUT2D eigenvalue weighted by Gasteiger charge is -2.22. The maximum absolute atomic E-state index is 13.5. The number of nitrogens with one attached hydrogen (secondary N) is 1. The molecule has 17 heavy (non-hydrogen) atoms. The zero-order chi connectivity index (χ0) is 12.5. The lowest BCUT2D eigenvalue weighted by molar-refractivity contribution is -0.123. The van der Waals surface area contributed by atoms with Gasteiger partial charge < -0.3 is 5.32 Å². The first-order valence-electron chi connectivity index (χ1n) is 5.73. The van der Waals surface area contributed by atoms with E-state index >= 15 is 0 Å². The number of halogens is 2. The van der Waals surface area contributed by atoms with Crippen molar-refractivity contribution in [3.8, 4) is 0 Å². The van der Waals surface area contributed by atoms with Crippen molar-refractivity contribution in [2.75, 3.05) is 6.54 Å². The fourth-order valence-corrected chi connectivity index (χ4v) is 2.37. The number of rotatable bonds is 3. The van der Waals surface area contributed by atoms with Crippen LogP contribution in [0.4, 0.5) is 4.39 Å². The average molecular weight is 256 g/mol. The van der Waals surface area contributed by atoms with E-state index in [0.29, 0.717) is 10.6 Å². The molecule has 0 spiro atoms. The summed E-state index contributed by atoms with van der Waals surface area (Å²) in [6.07, 6.45) is 1.89. The Morgan fingerprint density at radius 3 is 3.00 bits per heavy atom. The molecule has 4 heteroatoms. The smallest absolute Gasteiger partial charge is 0.157 e. The fourth-order valence-electron chi connectivity index (χ4n) is 2.18. The highest BCUT2D eigenvalue weighted by Crippen LogP contribution is 2.23. The van der Waals surface area contributed by atoms with E-state index in [9.17, 15) is 9.18 Å². The third-order valence-electron chi connectivity index (χ3n) is 3.34. The van der Waals surface area contributed by atoms with Crippen LogP contribution in [0.15, 0.2) is 18.2 Å². The normalized spacial score (nSPS) is 23.9. The van der Waals surface area contributed by atoms with Crippen molar-refractivity contribution in [1.82, 2.24) is 5.32 Å². The molecule has 1 saturated heterocycles. The molecule has 1 unspecified atom stereocenters. The molecule has 2 nitrogen and oxygen atoms in total. The van der Waals surface area contributed by atoms with Gasteiger partial charge in [0.1, 0.15) is 5.82 Å². The molecule has 1 N–H and O–H groups in total. The molecule has 0 radical (unpaired) electrons. The van der Waals surface area contributed by atoms with Gasteiger partial charge in [-0.1, -0.05) is 11.6 Å². The topological polar surface area (TPSA) is 29.1 Å². The molecule has 1 heterocycles. The van der Waals surface area contributed by atoms with E-state index in [4.69, 9.17) is 11.6 Å². The third kappa shape index (κ3) is 2.67. The summed E-state index contributed by atoms with van der Waals surface area (Å²) in [7, 11) is 0. The van der Waals surface area contributed by atoms with Crippen LogP contribution in [-0.2, 0) is 11.2 Å². The summed E-state index contributed by atoms with van der Waals surface area (Å²) in [5.41, 5.74) is -0.133. The number of hydrogen-bond donors (Lipinski definition) is 1. The standard InChI is InChI=1S/C13H15ClFNO/c1-13(5-2-6-16-13)12(17)8-9-7-10(14)3-4-11(9)15/h3-4,7,16H,2,5-6,8H2,1H3. The molecule has 2 rings (SSSR count). The van der Waals surface area contributed by atoms with Gasteiger partial charge in [0, 0.05) is 11.4 Å². The van der Waals surface area contributed by atoms with E-state index in [-0.39, 0.29) is 18.0 Å². The quantitative estimate of drug-likeness (QED) is 0.900. The summed E-state index contributed by atoms with van der Waals surface area (Å²) in [5.74, 6) is -0.347. The second-order valence-electron chi connectivity index (χ2n) is 4.70. The summed E-state index contributed by atoms with van der Waals surface area (Å²) in [4.78, 5) is 12.1. The molecule has 1 atom stereocenters. The van der Waals surface area contributed by atoms with Crippen molar-refractivity contribution in [3.05, 3.63) is 34.6 Å². The van der Waals surface area contributed by atoms with Crippen LogP contribution in [0.5, 0.6) is 0 Å². The predicted molar refractivity (Wildman–Crippen MR) is 65.8 cm³/mol. The van der Waals surface area contributed by atoms with Crippen LogP contribution < -0.4 is 5.32 Å². The SMILES string of the molecule is CC1(C(=O)Cc2cc(Cl)ccc2F)CCCN1. The van der Waals surface area contributed by atoms with Gasteiger partial charge in [0.25, 0.3) is 0 Å². The van der Waals surface area contributed by atoms with E-state index in [1.165, 1.54) is 18.2 Å². The minimum absolute atomic E-state index is 0.0242. The highest BCUT2D eigenvalue weighted by molar-refractivity contribution is 6.30. The first-order valence-corrected chi connectivity index (χ1v) is 6.11. The zero-order valence-electron chi connectivity index (χ0n) is 9.72. The van der Waals surface area contributed by atoms with Crippen LogP contribution in [0.1, 0.15) is 25.3 Å². The third-order valence-corrected chi connectivity index (χ3v) is 3.58. The molecule has 1 fully saturated rings. The van der Waals surface area contributed by atoms with Gasteiger partial charge in [0.05, 0.1) is 5.54 Å². The molecule has 0 aliphatic carbocycles. The van der Waals surface area contributed by atoms with Crippen LogP contribution in [0.2, 0.25) is 5.02 Å². The van der Waals surface area contributed by atoms with Crippen molar-refractivity contribution >= 4 is 17.4 Å². The second kappa shape index (κ2) is 4.75. The average Bonchev–Trinajstić information content (AvgIpc) is 2.72. The number of benzene rings is 1. The van der Waals surface area contributed by atoms with Crippen LogP contribution >= 0.6 is 11.6 Å². The predicted octanol–water partition coefficient (Wildman–Crippen LogP) is 2.73. The van der Waals surface area contributed by atoms with Crippen molar-refractivity contribution in [3.63, 3.8) is 0 Å². The van der Waals surface area contributed by atoms with Gasteiger partial charge in [-0.25, -0.2) is 4.39 Å². The summed E-state index contributed by atoms with van der Waals surface area (Å²) >= 11 is 5.80. The molecule has 0 aromatic heterocycles. The zero-order valence-corrected chi connectivity index (χ0v) is 10.5. The summed E-state index contributed by atoms with van der Waals surface area (Å²) in [6, 6.07) is 4.31. The molecular formula is C13H15ClFNO. The van der Waals surface area contributed by atoms with E-state index in [1.54, 1.807) is 0 Å². The van der Waals surface area contributed by atoms with Gasteiger partial charge in [-0.2, -0.15) is 0 Å². The molecule has 0 amide bonds. The Morgan fingerprint density at radius 2 is 2.35 bits per heavy atom. The molecule has 0 saturated carbocycles. The number of Topliss-reactive ketones (excluding diaryl/α,β-unsaturated/α-hetero) is 1. The Bertz CT molecular complexity index is 441. The van der Waals surface area contributed by atoms with Gasteiger partial charge in [0.2, 0.25) is 0 Å². The molecule has 0 bridgehead atoms. The van der Waals surface area contributed by atoms with Gasteiger partial charge >= 0.3 is 0 Å². The lowest BCUT2D eigenvalue weighted by Crippen LogP contribution is -2.45. The molecule has 1 aliphatic heterocycles. The van der Waals surface area contributed by atoms with E-state index in [0.717, 1.165) is 19.4 Å². The molecule has 1 aromatic carbocycles. The van der Waals surface area contributed by atoms with Crippen LogP contribution in [0.3, 0.4) is 0 Å². The Hall–Kier alpha value is -0.930. The minimum atomic E-state index is -0.505. The fraction of sp³-hybridized carbons (Fsp3) is 0.462. The van der Waals surface area contributed by atoms with Crippen molar-refractivity contribution in [1.29, 1.82) is 0 Å². The largest absolute Gasteiger partial charge is 0.305 e. The Balaban J connectivity index is 2.15. The summed E-state index contributed by atoms with van der Waals surface area (Å²) in [5, 5.41) is 3.64.